The Labute approximate surface area is 116 Å². The topological polar surface area (TPSA) is 41.5 Å². The molecule has 2 N–H and O–H groups in total. The van der Waals surface area contributed by atoms with E-state index in [2.05, 4.69) is 32.2 Å². The van der Waals surface area contributed by atoms with E-state index >= 15 is 0 Å². The molecule has 0 aromatic heterocycles. The van der Waals surface area contributed by atoms with Crippen molar-refractivity contribution in [1.29, 1.82) is 0 Å². The normalized spacial score (nSPS) is 22.6. The van der Waals surface area contributed by atoms with E-state index in [1.54, 1.807) is 0 Å². The first kappa shape index (κ1) is 14.2. The van der Waals surface area contributed by atoms with Crippen LogP contribution in [-0.4, -0.2) is 23.9 Å². The van der Waals surface area contributed by atoms with Gasteiger partial charge in [0.1, 0.15) is 5.75 Å². The van der Waals surface area contributed by atoms with Crippen LogP contribution < -0.4 is 10.1 Å². The number of ether oxygens (including phenoxy) is 1. The van der Waals surface area contributed by atoms with Crippen molar-refractivity contribution in [1.82, 2.24) is 0 Å². The molecular formula is C16H25NO2. The molecule has 3 nitrogen and oxygen atoms in total. The van der Waals surface area contributed by atoms with Crippen molar-refractivity contribution in [3.05, 3.63) is 23.8 Å². The highest BCUT2D eigenvalue weighted by Gasteiger charge is 2.29. The number of aliphatic hydroxyl groups excluding tert-OH is 1. The smallest absolute Gasteiger partial charge is 0.119 e. The Morgan fingerprint density at radius 3 is 2.74 bits per heavy atom. The zero-order valence-corrected chi connectivity index (χ0v) is 12.4. The molecule has 1 aliphatic heterocycles. The molecule has 1 aliphatic rings. The van der Waals surface area contributed by atoms with Gasteiger partial charge in [0.15, 0.2) is 0 Å². The monoisotopic (exact) mass is 263 g/mol. The summed E-state index contributed by atoms with van der Waals surface area (Å²) in [6.07, 6.45) is 1.33. The second kappa shape index (κ2) is 5.41. The van der Waals surface area contributed by atoms with Crippen LogP contribution >= 0.6 is 0 Å². The number of fused-ring (bicyclic) bond motifs is 1. The highest BCUT2D eigenvalue weighted by molar-refractivity contribution is 5.57. The number of aliphatic hydroxyl groups is 1. The first-order valence-electron chi connectivity index (χ1n) is 7.09. The molecule has 2 unspecified atom stereocenters. The first-order chi connectivity index (χ1) is 8.89. The number of anilines is 1. The maximum Gasteiger partial charge on any atom is 0.119 e. The number of hydrogen-bond acceptors (Lipinski definition) is 3. The highest BCUT2D eigenvalue weighted by Crippen LogP contribution is 2.33. The third-order valence-electron chi connectivity index (χ3n) is 3.45. The quantitative estimate of drug-likeness (QED) is 0.880. The lowest BCUT2D eigenvalue weighted by molar-refractivity contribution is 0.126. The lowest BCUT2D eigenvalue weighted by Crippen LogP contribution is -2.41. The van der Waals surface area contributed by atoms with Crippen LogP contribution in [0.15, 0.2) is 18.2 Å². The zero-order chi connectivity index (χ0) is 14.0. The summed E-state index contributed by atoms with van der Waals surface area (Å²) in [7, 11) is 0. The maximum atomic E-state index is 10.3. The Kier molecular flexibility index (Phi) is 4.04. The summed E-state index contributed by atoms with van der Waals surface area (Å²) >= 11 is 0. The van der Waals surface area contributed by atoms with Gasteiger partial charge in [-0.3, -0.25) is 0 Å². The number of benzene rings is 1. The molecule has 0 saturated heterocycles. The van der Waals surface area contributed by atoms with E-state index in [9.17, 15) is 5.11 Å². The van der Waals surface area contributed by atoms with E-state index in [1.165, 1.54) is 0 Å². The SMILES string of the molecule is CCOc1ccc2c(c1)CC(O)C(CC(C)(C)C)N2. The van der Waals surface area contributed by atoms with E-state index < -0.39 is 0 Å². The molecule has 0 radical (unpaired) electrons. The van der Waals surface area contributed by atoms with Crippen LogP contribution in [-0.2, 0) is 6.42 Å². The number of nitrogens with one attached hydrogen (secondary N) is 1. The van der Waals surface area contributed by atoms with Gasteiger partial charge in [0.05, 0.1) is 18.8 Å². The lowest BCUT2D eigenvalue weighted by Gasteiger charge is -2.35. The highest BCUT2D eigenvalue weighted by atomic mass is 16.5. The molecule has 0 bridgehead atoms. The molecule has 0 saturated carbocycles. The van der Waals surface area contributed by atoms with Gasteiger partial charge in [-0.25, -0.2) is 0 Å². The van der Waals surface area contributed by atoms with Gasteiger partial charge in [-0.15, -0.1) is 0 Å². The van der Waals surface area contributed by atoms with Crippen LogP contribution in [0.4, 0.5) is 5.69 Å². The molecule has 1 aromatic rings. The van der Waals surface area contributed by atoms with Crippen LogP contribution in [0.3, 0.4) is 0 Å². The molecule has 1 aromatic carbocycles. The Morgan fingerprint density at radius 1 is 1.37 bits per heavy atom. The molecule has 2 atom stereocenters. The van der Waals surface area contributed by atoms with Crippen molar-refractivity contribution in [2.75, 3.05) is 11.9 Å². The lowest BCUT2D eigenvalue weighted by atomic mass is 9.83. The Morgan fingerprint density at radius 2 is 2.11 bits per heavy atom. The average Bonchev–Trinajstić information content (AvgIpc) is 2.29. The summed E-state index contributed by atoms with van der Waals surface area (Å²) in [5.41, 5.74) is 2.48. The van der Waals surface area contributed by atoms with Gasteiger partial charge in [-0.1, -0.05) is 20.8 Å². The van der Waals surface area contributed by atoms with E-state index in [-0.39, 0.29) is 17.6 Å². The molecule has 0 spiro atoms. The van der Waals surface area contributed by atoms with Crippen LogP contribution in [0.2, 0.25) is 0 Å². The molecular weight excluding hydrogens is 238 g/mol. The third-order valence-corrected chi connectivity index (χ3v) is 3.45. The summed E-state index contributed by atoms with van der Waals surface area (Å²) in [4.78, 5) is 0. The van der Waals surface area contributed by atoms with Crippen molar-refractivity contribution >= 4 is 5.69 Å². The van der Waals surface area contributed by atoms with Gasteiger partial charge < -0.3 is 15.2 Å². The van der Waals surface area contributed by atoms with Crippen molar-refractivity contribution in [2.45, 2.75) is 52.7 Å². The molecule has 0 fully saturated rings. The molecule has 2 rings (SSSR count). The molecule has 3 heteroatoms. The molecule has 0 aliphatic carbocycles. The summed E-state index contributed by atoms with van der Waals surface area (Å²) in [5, 5.41) is 13.8. The summed E-state index contributed by atoms with van der Waals surface area (Å²) in [6.45, 7) is 9.26. The van der Waals surface area contributed by atoms with Crippen LogP contribution in [0, 0.1) is 5.41 Å². The average molecular weight is 263 g/mol. The predicted molar refractivity (Wildman–Crippen MR) is 78.8 cm³/mol. The third kappa shape index (κ3) is 3.63. The van der Waals surface area contributed by atoms with Crippen molar-refractivity contribution < 1.29 is 9.84 Å². The number of rotatable bonds is 3. The predicted octanol–water partition coefficient (Wildman–Crippen LogP) is 3.22. The zero-order valence-electron chi connectivity index (χ0n) is 12.4. The van der Waals surface area contributed by atoms with E-state index in [0.29, 0.717) is 13.0 Å². The van der Waals surface area contributed by atoms with Gasteiger partial charge in [0, 0.05) is 12.1 Å². The largest absolute Gasteiger partial charge is 0.494 e. The fourth-order valence-corrected chi connectivity index (χ4v) is 2.65. The Bertz CT molecular complexity index is 437. The summed E-state index contributed by atoms with van der Waals surface area (Å²) < 4.78 is 5.51. The second-order valence-electron chi connectivity index (χ2n) is 6.54. The van der Waals surface area contributed by atoms with E-state index in [1.807, 2.05) is 19.1 Å². The summed E-state index contributed by atoms with van der Waals surface area (Å²) in [6, 6.07) is 6.20. The van der Waals surface area contributed by atoms with Crippen molar-refractivity contribution in [2.24, 2.45) is 5.41 Å². The van der Waals surface area contributed by atoms with Crippen LogP contribution in [0.1, 0.15) is 39.7 Å². The Balaban J connectivity index is 2.15. The minimum absolute atomic E-state index is 0.130. The van der Waals surface area contributed by atoms with Crippen molar-refractivity contribution in [3.63, 3.8) is 0 Å². The Hall–Kier alpha value is -1.22. The van der Waals surface area contributed by atoms with Crippen molar-refractivity contribution in [3.8, 4) is 5.75 Å². The fraction of sp³-hybridized carbons (Fsp3) is 0.625. The van der Waals surface area contributed by atoms with Gasteiger partial charge in [0.25, 0.3) is 0 Å². The van der Waals surface area contributed by atoms with Gasteiger partial charge in [-0.05, 0) is 42.5 Å². The van der Waals surface area contributed by atoms with Gasteiger partial charge in [-0.2, -0.15) is 0 Å². The molecule has 0 amide bonds. The minimum atomic E-state index is -0.330. The standard InChI is InChI=1S/C16H25NO2/c1-5-19-12-6-7-13-11(8-12)9-15(18)14(17-13)10-16(2,3)4/h6-8,14-15,17-18H,5,9-10H2,1-4H3. The maximum absolute atomic E-state index is 10.3. The minimum Gasteiger partial charge on any atom is -0.494 e. The van der Waals surface area contributed by atoms with Crippen LogP contribution in [0.25, 0.3) is 0 Å². The van der Waals surface area contributed by atoms with Crippen LogP contribution in [0.5, 0.6) is 5.75 Å². The van der Waals surface area contributed by atoms with Gasteiger partial charge >= 0.3 is 0 Å². The fourth-order valence-electron chi connectivity index (χ4n) is 2.65. The second-order valence-corrected chi connectivity index (χ2v) is 6.54. The molecule has 106 valence electrons. The van der Waals surface area contributed by atoms with E-state index in [0.717, 1.165) is 23.4 Å². The van der Waals surface area contributed by atoms with Gasteiger partial charge in [0.2, 0.25) is 0 Å². The first-order valence-corrected chi connectivity index (χ1v) is 7.09. The molecule has 19 heavy (non-hydrogen) atoms. The molecule has 1 heterocycles. The number of hydrogen-bond donors (Lipinski definition) is 2. The summed E-state index contributed by atoms with van der Waals surface area (Å²) in [5.74, 6) is 0.879. The van der Waals surface area contributed by atoms with E-state index in [4.69, 9.17) is 4.74 Å².